The highest BCUT2D eigenvalue weighted by Gasteiger charge is 2.03. The molecule has 196 valence electrons. The fourth-order valence-corrected chi connectivity index (χ4v) is 3.35. The zero-order valence-electron chi connectivity index (χ0n) is 21.7. The molecule has 0 aliphatic rings. The summed E-state index contributed by atoms with van der Waals surface area (Å²) in [5.74, 6) is 16.9. The van der Waals surface area contributed by atoms with E-state index in [0.717, 1.165) is 23.3 Å². The molecule has 4 rings (SSSR count). The lowest BCUT2D eigenvalue weighted by molar-refractivity contribution is -0.129. The Bertz CT molecular complexity index is 1830. The van der Waals surface area contributed by atoms with Crippen LogP contribution < -0.4 is 9.47 Å². The number of esters is 2. The highest BCUT2D eigenvalue weighted by Crippen LogP contribution is 2.15. The molecule has 0 unspecified atom stereocenters. The average Bonchev–Trinajstić information content (AvgIpc) is 2.99. The molecule has 4 nitrogen and oxygen atoms in total. The molecule has 4 aromatic rings. The van der Waals surface area contributed by atoms with E-state index in [-0.39, 0.29) is 5.56 Å². The normalized spacial score (nSPS) is 9.39. The van der Waals surface area contributed by atoms with Crippen molar-refractivity contribution >= 4 is 11.9 Å². The van der Waals surface area contributed by atoms with Crippen molar-refractivity contribution < 1.29 is 23.5 Å². The Labute approximate surface area is 237 Å². The summed E-state index contributed by atoms with van der Waals surface area (Å²) in [6.07, 6.45) is 2.17. The first-order valence-corrected chi connectivity index (χ1v) is 12.3. The van der Waals surface area contributed by atoms with Crippen LogP contribution in [0, 0.1) is 41.3 Å². The molecular formula is C36H21FO4. The second kappa shape index (κ2) is 13.6. The van der Waals surface area contributed by atoms with Gasteiger partial charge in [0.15, 0.2) is 0 Å². The topological polar surface area (TPSA) is 52.6 Å². The van der Waals surface area contributed by atoms with Gasteiger partial charge in [0.2, 0.25) is 0 Å². The van der Waals surface area contributed by atoms with Crippen LogP contribution in [0.3, 0.4) is 0 Å². The van der Waals surface area contributed by atoms with Crippen LogP contribution in [0.4, 0.5) is 4.39 Å². The summed E-state index contributed by atoms with van der Waals surface area (Å²) in [7, 11) is 0. The summed E-state index contributed by atoms with van der Waals surface area (Å²) < 4.78 is 24.9. The number of carbonyl (C=O) groups excluding carboxylic acids is 2. The summed E-state index contributed by atoms with van der Waals surface area (Å²) in [5.41, 5.74) is 3.51. The van der Waals surface area contributed by atoms with Gasteiger partial charge in [-0.05, 0) is 78.9 Å². The Kier molecular flexibility index (Phi) is 9.29. The standard InChI is InChI=1S/C36H21FO4/c1-3-35(38)40-32-9-5-7-28(23-32)17-15-26-11-13-27(14-12-26)16-18-30-20-22-31(34(37)25-30)21-19-29-8-6-10-33(24-29)41-36(39)4-2/h3-14,20,22-25H,1-2H2. The average molecular weight is 537 g/mol. The summed E-state index contributed by atoms with van der Waals surface area (Å²) in [6.45, 7) is 6.74. The fraction of sp³-hybridized carbons (Fsp3) is 0. The second-order valence-corrected chi connectivity index (χ2v) is 8.33. The predicted octanol–water partition coefficient (Wildman–Crippen LogP) is 6.21. The van der Waals surface area contributed by atoms with E-state index in [2.05, 4.69) is 48.7 Å². The minimum absolute atomic E-state index is 0.219. The van der Waals surface area contributed by atoms with Crippen molar-refractivity contribution in [1.82, 2.24) is 0 Å². The minimum Gasteiger partial charge on any atom is -0.423 e. The molecule has 0 aliphatic heterocycles. The third-order valence-electron chi connectivity index (χ3n) is 5.34. The molecule has 0 fully saturated rings. The summed E-state index contributed by atoms with van der Waals surface area (Å²) in [4.78, 5) is 22.7. The smallest absolute Gasteiger partial charge is 0.335 e. The van der Waals surface area contributed by atoms with Gasteiger partial charge in [-0.1, -0.05) is 60.8 Å². The van der Waals surface area contributed by atoms with Gasteiger partial charge >= 0.3 is 11.9 Å². The van der Waals surface area contributed by atoms with E-state index in [9.17, 15) is 14.0 Å². The maximum Gasteiger partial charge on any atom is 0.335 e. The van der Waals surface area contributed by atoms with Gasteiger partial charge in [-0.2, -0.15) is 0 Å². The molecule has 0 atom stereocenters. The van der Waals surface area contributed by atoms with E-state index >= 15 is 0 Å². The molecule has 41 heavy (non-hydrogen) atoms. The van der Waals surface area contributed by atoms with Gasteiger partial charge in [0, 0.05) is 40.0 Å². The quantitative estimate of drug-likeness (QED) is 0.135. The van der Waals surface area contributed by atoms with Crippen molar-refractivity contribution in [2.75, 3.05) is 0 Å². The molecule has 4 aromatic carbocycles. The van der Waals surface area contributed by atoms with Gasteiger partial charge in [0.05, 0.1) is 5.56 Å². The van der Waals surface area contributed by atoms with Crippen LogP contribution in [0.2, 0.25) is 0 Å². The molecule has 0 spiro atoms. The molecule has 0 aromatic heterocycles. The Balaban J connectivity index is 1.41. The molecular weight excluding hydrogens is 515 g/mol. The number of benzene rings is 4. The first-order chi connectivity index (χ1) is 19.9. The predicted molar refractivity (Wildman–Crippen MR) is 155 cm³/mol. The van der Waals surface area contributed by atoms with Crippen molar-refractivity contribution in [2.24, 2.45) is 0 Å². The van der Waals surface area contributed by atoms with Gasteiger partial charge in [-0.25, -0.2) is 14.0 Å². The van der Waals surface area contributed by atoms with E-state index in [1.165, 1.54) is 6.07 Å². The molecule has 0 bridgehead atoms. The van der Waals surface area contributed by atoms with Crippen molar-refractivity contribution in [1.29, 1.82) is 0 Å². The molecule has 0 aliphatic carbocycles. The first kappa shape index (κ1) is 27.9. The SMILES string of the molecule is C=CC(=O)Oc1cccc(C#Cc2ccc(C#Cc3ccc(C#Cc4cccc(OC(=O)C=C)c4)c(F)c3)cc2)c1. The van der Waals surface area contributed by atoms with E-state index in [1.807, 2.05) is 30.3 Å². The summed E-state index contributed by atoms with van der Waals surface area (Å²) in [6, 6.07) is 25.5. The van der Waals surface area contributed by atoms with E-state index < -0.39 is 17.8 Å². The van der Waals surface area contributed by atoms with Gasteiger partial charge in [-0.3, -0.25) is 0 Å². The van der Waals surface area contributed by atoms with Crippen LogP contribution in [0.25, 0.3) is 0 Å². The van der Waals surface area contributed by atoms with Gasteiger partial charge < -0.3 is 9.47 Å². The molecule has 0 radical (unpaired) electrons. The minimum atomic E-state index is -0.574. The molecule has 0 heterocycles. The Morgan fingerprint density at radius 3 is 1.44 bits per heavy atom. The number of hydrogen-bond acceptors (Lipinski definition) is 4. The van der Waals surface area contributed by atoms with Crippen molar-refractivity contribution in [3.05, 3.63) is 156 Å². The van der Waals surface area contributed by atoms with E-state index in [0.29, 0.717) is 28.2 Å². The van der Waals surface area contributed by atoms with Crippen molar-refractivity contribution in [3.63, 3.8) is 0 Å². The van der Waals surface area contributed by atoms with Crippen LogP contribution in [0.1, 0.15) is 33.4 Å². The molecule has 0 saturated carbocycles. The lowest BCUT2D eigenvalue weighted by Crippen LogP contribution is -2.02. The highest BCUT2D eigenvalue weighted by molar-refractivity contribution is 5.83. The van der Waals surface area contributed by atoms with Gasteiger partial charge in [0.25, 0.3) is 0 Å². The largest absolute Gasteiger partial charge is 0.423 e. The number of rotatable bonds is 4. The van der Waals surface area contributed by atoms with Gasteiger partial charge in [-0.15, -0.1) is 0 Å². The fourth-order valence-electron chi connectivity index (χ4n) is 3.35. The second-order valence-electron chi connectivity index (χ2n) is 8.33. The van der Waals surface area contributed by atoms with Crippen LogP contribution in [-0.2, 0) is 9.59 Å². The number of hydrogen-bond donors (Lipinski definition) is 0. The summed E-state index contributed by atoms with van der Waals surface area (Å²) in [5, 5.41) is 0. The lowest BCUT2D eigenvalue weighted by atomic mass is 10.1. The maximum atomic E-state index is 14.7. The monoisotopic (exact) mass is 536 g/mol. The van der Waals surface area contributed by atoms with Crippen LogP contribution >= 0.6 is 0 Å². The Hall–Kier alpha value is -6.09. The molecule has 0 amide bonds. The van der Waals surface area contributed by atoms with Gasteiger partial charge in [0.1, 0.15) is 17.3 Å². The van der Waals surface area contributed by atoms with E-state index in [1.54, 1.807) is 54.6 Å². The lowest BCUT2D eigenvalue weighted by Gasteiger charge is -2.01. The third-order valence-corrected chi connectivity index (χ3v) is 5.34. The van der Waals surface area contributed by atoms with Crippen LogP contribution in [0.5, 0.6) is 11.5 Å². The van der Waals surface area contributed by atoms with Crippen LogP contribution in [-0.4, -0.2) is 11.9 Å². The van der Waals surface area contributed by atoms with Crippen LogP contribution in [0.15, 0.2) is 116 Å². The Morgan fingerprint density at radius 1 is 0.561 bits per heavy atom. The van der Waals surface area contributed by atoms with Crippen molar-refractivity contribution in [3.8, 4) is 47.0 Å². The molecule has 5 heteroatoms. The number of carbonyl (C=O) groups is 2. The molecule has 0 saturated heterocycles. The maximum absolute atomic E-state index is 14.7. The molecule has 0 N–H and O–H groups in total. The third kappa shape index (κ3) is 8.45. The zero-order valence-corrected chi connectivity index (χ0v) is 21.7. The Morgan fingerprint density at radius 2 is 0.976 bits per heavy atom. The van der Waals surface area contributed by atoms with E-state index in [4.69, 9.17) is 9.47 Å². The zero-order chi connectivity index (χ0) is 29.0. The highest BCUT2D eigenvalue weighted by atomic mass is 19.1. The number of ether oxygens (including phenoxy) is 2. The van der Waals surface area contributed by atoms with Crippen molar-refractivity contribution in [2.45, 2.75) is 0 Å². The first-order valence-electron chi connectivity index (χ1n) is 12.3. The summed E-state index contributed by atoms with van der Waals surface area (Å²) >= 11 is 0. The number of halogens is 1.